The molecule has 4 atom stereocenters. The molecule has 1 fully saturated rings. The van der Waals surface area contributed by atoms with Crippen LogP contribution < -0.4 is 15.4 Å². The van der Waals surface area contributed by atoms with Crippen molar-refractivity contribution in [2.24, 2.45) is 5.92 Å². The van der Waals surface area contributed by atoms with Crippen LogP contribution in [-0.4, -0.2) is 65.2 Å². The maximum atomic E-state index is 10.8. The summed E-state index contributed by atoms with van der Waals surface area (Å²) in [5.41, 5.74) is 1.09. The Balaban J connectivity index is 1.49. The van der Waals surface area contributed by atoms with Crippen LogP contribution in [0, 0.1) is 5.92 Å². The number of pyridine rings is 1. The SMILES string of the molecule is CC(C)Oc1cc(Nc2ncc(-c3nc4ccccc4s3)c(N[C@@H]3C[C@H](C(C)(C)O)[C@@H](O)[C@H]3O)n2)ccn1. The zero-order valence-electron chi connectivity index (χ0n) is 21.7. The van der Waals surface area contributed by atoms with Crippen molar-refractivity contribution in [1.29, 1.82) is 0 Å². The van der Waals surface area contributed by atoms with Gasteiger partial charge in [0.2, 0.25) is 11.8 Å². The average Bonchev–Trinajstić information content (AvgIpc) is 3.40. The maximum absolute atomic E-state index is 10.8. The molecular weight excluding hydrogens is 504 g/mol. The van der Waals surface area contributed by atoms with E-state index in [1.54, 1.807) is 38.4 Å². The van der Waals surface area contributed by atoms with E-state index in [9.17, 15) is 15.3 Å². The molecule has 0 aliphatic heterocycles. The van der Waals surface area contributed by atoms with Gasteiger partial charge in [0.15, 0.2) is 0 Å². The number of aromatic nitrogens is 4. The van der Waals surface area contributed by atoms with E-state index in [4.69, 9.17) is 14.7 Å². The van der Waals surface area contributed by atoms with E-state index in [0.717, 1.165) is 15.2 Å². The molecule has 0 radical (unpaired) electrons. The van der Waals surface area contributed by atoms with Crippen LogP contribution in [0.2, 0.25) is 0 Å². The van der Waals surface area contributed by atoms with Crippen LogP contribution in [0.4, 0.5) is 17.5 Å². The van der Waals surface area contributed by atoms with Gasteiger partial charge >= 0.3 is 0 Å². The van der Waals surface area contributed by atoms with Gasteiger partial charge in [-0.3, -0.25) is 0 Å². The number of aliphatic hydroxyl groups is 3. The topological polar surface area (TPSA) is 146 Å². The van der Waals surface area contributed by atoms with E-state index < -0.39 is 29.8 Å². The molecule has 0 unspecified atom stereocenters. The second-order valence-electron chi connectivity index (χ2n) is 10.3. The quantitative estimate of drug-likeness (QED) is 0.224. The van der Waals surface area contributed by atoms with Crippen LogP contribution in [0.25, 0.3) is 20.8 Å². The summed E-state index contributed by atoms with van der Waals surface area (Å²) in [4.78, 5) is 18.2. The van der Waals surface area contributed by atoms with Crippen molar-refractivity contribution in [3.05, 3.63) is 48.8 Å². The van der Waals surface area contributed by atoms with Crippen LogP contribution >= 0.6 is 11.3 Å². The number of rotatable bonds is 8. The molecule has 10 nitrogen and oxygen atoms in total. The van der Waals surface area contributed by atoms with Crippen LogP contribution in [0.1, 0.15) is 34.1 Å². The second-order valence-corrected chi connectivity index (χ2v) is 11.4. The molecule has 200 valence electrons. The number of hydrogen-bond acceptors (Lipinski definition) is 11. The van der Waals surface area contributed by atoms with Crippen LogP contribution in [-0.2, 0) is 0 Å². The first-order chi connectivity index (χ1) is 18.1. The lowest BCUT2D eigenvalue weighted by molar-refractivity contribution is -0.0601. The lowest BCUT2D eigenvalue weighted by Crippen LogP contribution is -2.40. The molecule has 1 aromatic carbocycles. The van der Waals surface area contributed by atoms with Crippen LogP contribution in [0.5, 0.6) is 5.88 Å². The first-order valence-electron chi connectivity index (χ1n) is 12.6. The first-order valence-corrected chi connectivity index (χ1v) is 13.4. The Morgan fingerprint density at radius 2 is 1.87 bits per heavy atom. The van der Waals surface area contributed by atoms with Gasteiger partial charge in [-0.2, -0.15) is 4.98 Å². The van der Waals surface area contributed by atoms with Gasteiger partial charge in [0.25, 0.3) is 0 Å². The van der Waals surface area contributed by atoms with Crippen molar-refractivity contribution in [3.63, 3.8) is 0 Å². The van der Waals surface area contributed by atoms with Crippen LogP contribution in [0.15, 0.2) is 48.8 Å². The van der Waals surface area contributed by atoms with Gasteiger partial charge in [0.05, 0.1) is 39.6 Å². The Labute approximate surface area is 224 Å². The Bertz CT molecular complexity index is 1390. The van der Waals surface area contributed by atoms with Gasteiger partial charge in [0.1, 0.15) is 16.9 Å². The predicted octanol–water partition coefficient (Wildman–Crippen LogP) is 3.97. The van der Waals surface area contributed by atoms with E-state index >= 15 is 0 Å². The van der Waals surface area contributed by atoms with Crippen LogP contribution in [0.3, 0.4) is 0 Å². The highest BCUT2D eigenvalue weighted by Gasteiger charge is 2.47. The number of aliphatic hydroxyl groups excluding tert-OH is 2. The number of ether oxygens (including phenoxy) is 1. The Morgan fingerprint density at radius 3 is 2.58 bits per heavy atom. The number of nitrogens with zero attached hydrogens (tertiary/aromatic N) is 4. The van der Waals surface area contributed by atoms with Gasteiger partial charge in [-0.1, -0.05) is 12.1 Å². The highest BCUT2D eigenvalue weighted by atomic mass is 32.1. The van der Waals surface area contributed by atoms with Gasteiger partial charge in [-0.15, -0.1) is 11.3 Å². The Morgan fingerprint density at radius 1 is 1.08 bits per heavy atom. The molecule has 4 aromatic rings. The fourth-order valence-electron chi connectivity index (χ4n) is 4.67. The van der Waals surface area contributed by atoms with E-state index in [1.165, 1.54) is 11.3 Å². The first kappa shape index (κ1) is 26.2. The lowest BCUT2D eigenvalue weighted by Gasteiger charge is -2.28. The minimum absolute atomic E-state index is 0.0150. The number of hydrogen-bond donors (Lipinski definition) is 5. The summed E-state index contributed by atoms with van der Waals surface area (Å²) in [6.07, 6.45) is 1.51. The summed E-state index contributed by atoms with van der Waals surface area (Å²) in [5, 5.41) is 39.2. The number of fused-ring (bicyclic) bond motifs is 1. The normalized spacial score (nSPS) is 21.7. The van der Waals surface area contributed by atoms with Crippen molar-refractivity contribution in [2.75, 3.05) is 10.6 Å². The summed E-state index contributed by atoms with van der Waals surface area (Å²) >= 11 is 1.52. The minimum atomic E-state index is -1.15. The Kier molecular flexibility index (Phi) is 7.19. The summed E-state index contributed by atoms with van der Waals surface area (Å²) in [7, 11) is 0. The highest BCUT2D eigenvalue weighted by Crippen LogP contribution is 2.39. The van der Waals surface area contributed by atoms with Crippen molar-refractivity contribution < 1.29 is 20.1 Å². The molecule has 5 N–H and O–H groups in total. The Hall–Kier alpha value is -3.38. The summed E-state index contributed by atoms with van der Waals surface area (Å²) in [6.45, 7) is 7.14. The number of anilines is 3. The maximum Gasteiger partial charge on any atom is 0.229 e. The molecule has 3 heterocycles. The van der Waals surface area contributed by atoms with Gasteiger partial charge < -0.3 is 30.7 Å². The lowest BCUT2D eigenvalue weighted by atomic mass is 9.88. The third kappa shape index (κ3) is 5.56. The van der Waals surface area contributed by atoms with E-state index in [0.29, 0.717) is 35.3 Å². The molecule has 3 aromatic heterocycles. The standard InChI is InChI=1S/C27H32N6O4S/c1-14(2)37-21-11-15(9-10-28-21)30-26-29-13-16(25-32-18-7-5-6-8-20(18)38-25)24(33-26)31-19-12-17(27(3,4)36)22(34)23(19)35/h5-11,13-14,17,19,22-23,34-36H,12H2,1-4H3,(H2,28,29,30,31,33)/t17-,19+,22+,23-/m0/s1. The smallest absolute Gasteiger partial charge is 0.229 e. The summed E-state index contributed by atoms with van der Waals surface area (Å²) < 4.78 is 6.72. The van der Waals surface area contributed by atoms with E-state index in [-0.39, 0.29) is 6.10 Å². The van der Waals surface area contributed by atoms with Crippen molar-refractivity contribution in [1.82, 2.24) is 19.9 Å². The fourth-order valence-corrected chi connectivity index (χ4v) is 5.65. The zero-order chi connectivity index (χ0) is 27.0. The molecule has 11 heteroatoms. The molecule has 0 bridgehead atoms. The van der Waals surface area contributed by atoms with Crippen molar-refractivity contribution >= 4 is 39.0 Å². The molecule has 1 aliphatic rings. The fraction of sp³-hybridized carbons (Fsp3) is 0.407. The second kappa shape index (κ2) is 10.4. The van der Waals surface area contributed by atoms with E-state index in [2.05, 4.69) is 20.6 Å². The largest absolute Gasteiger partial charge is 0.475 e. The molecule has 5 rings (SSSR count). The highest BCUT2D eigenvalue weighted by molar-refractivity contribution is 7.21. The number of benzene rings is 1. The molecule has 1 aliphatic carbocycles. The number of nitrogens with one attached hydrogen (secondary N) is 2. The van der Waals surface area contributed by atoms with E-state index in [1.807, 2.05) is 38.1 Å². The molecular formula is C27H32N6O4S. The summed E-state index contributed by atoms with van der Waals surface area (Å²) in [6, 6.07) is 10.9. The summed E-state index contributed by atoms with van der Waals surface area (Å²) in [5.74, 6) is 0.764. The van der Waals surface area contributed by atoms with Gasteiger partial charge in [-0.05, 0) is 52.3 Å². The van der Waals surface area contributed by atoms with Crippen molar-refractivity contribution in [2.45, 2.75) is 64.1 Å². The monoisotopic (exact) mass is 536 g/mol. The van der Waals surface area contributed by atoms with Crippen molar-refractivity contribution in [3.8, 4) is 16.5 Å². The van der Waals surface area contributed by atoms with Gasteiger partial charge in [-0.25, -0.2) is 15.0 Å². The zero-order valence-corrected chi connectivity index (χ0v) is 22.5. The molecule has 0 amide bonds. The third-order valence-corrected chi connectivity index (χ3v) is 7.64. The number of thiazole rings is 1. The average molecular weight is 537 g/mol. The third-order valence-electron chi connectivity index (χ3n) is 6.57. The molecule has 0 saturated heterocycles. The molecule has 0 spiro atoms. The molecule has 38 heavy (non-hydrogen) atoms. The van der Waals surface area contributed by atoms with Gasteiger partial charge in [0, 0.05) is 30.1 Å². The predicted molar refractivity (Wildman–Crippen MR) is 148 cm³/mol. The molecule has 1 saturated carbocycles. The number of para-hydroxylation sites is 1. The minimum Gasteiger partial charge on any atom is -0.475 e.